The van der Waals surface area contributed by atoms with Gasteiger partial charge in [0.2, 0.25) is 0 Å². The van der Waals surface area contributed by atoms with E-state index < -0.39 is 0 Å². The Labute approximate surface area is 117 Å². The molecule has 94 valence electrons. The van der Waals surface area contributed by atoms with E-state index in [0.29, 0.717) is 16.0 Å². The molecule has 1 N–H and O–H groups in total. The largest absolute Gasteiger partial charge is 0.314 e. The highest BCUT2D eigenvalue weighted by Gasteiger charge is 2.20. The average molecular weight is 290 g/mol. The zero-order valence-electron chi connectivity index (χ0n) is 9.88. The van der Waals surface area contributed by atoms with E-state index in [1.54, 1.807) is 6.07 Å². The minimum Gasteiger partial charge on any atom is -0.314 e. The highest BCUT2D eigenvalue weighted by molar-refractivity contribution is 7.99. The molecule has 0 saturated heterocycles. The fourth-order valence-electron chi connectivity index (χ4n) is 1.56. The molecule has 4 heteroatoms. The van der Waals surface area contributed by atoms with Gasteiger partial charge in [-0.2, -0.15) is 0 Å². The van der Waals surface area contributed by atoms with E-state index in [-0.39, 0.29) is 0 Å². The summed E-state index contributed by atoms with van der Waals surface area (Å²) in [4.78, 5) is 1.15. The zero-order chi connectivity index (χ0) is 12.3. The summed E-state index contributed by atoms with van der Waals surface area (Å²) in [7, 11) is 0. The molecule has 0 aromatic heterocycles. The van der Waals surface area contributed by atoms with Crippen molar-refractivity contribution in [3.05, 3.63) is 28.2 Å². The number of benzene rings is 1. The van der Waals surface area contributed by atoms with Gasteiger partial charge in [-0.15, -0.1) is 11.8 Å². The number of nitrogens with one attached hydrogen (secondary N) is 1. The van der Waals surface area contributed by atoms with Crippen molar-refractivity contribution in [3.63, 3.8) is 0 Å². The second kappa shape index (κ2) is 6.33. The lowest BCUT2D eigenvalue weighted by molar-refractivity contribution is 0.557. The Balaban J connectivity index is 1.75. The van der Waals surface area contributed by atoms with Crippen molar-refractivity contribution in [2.24, 2.45) is 5.92 Å². The molecule has 1 nitrogen and oxygen atoms in total. The summed E-state index contributed by atoms with van der Waals surface area (Å²) in [6, 6.07) is 6.51. The molecule has 0 heterocycles. The third kappa shape index (κ3) is 5.09. The van der Waals surface area contributed by atoms with Gasteiger partial charge in [0.25, 0.3) is 0 Å². The van der Waals surface area contributed by atoms with Crippen LogP contribution in [0.15, 0.2) is 23.1 Å². The predicted octanol–water partition coefficient (Wildman–Crippen LogP) is 4.47. The first-order chi connectivity index (χ1) is 8.13. The van der Waals surface area contributed by atoms with Gasteiger partial charge < -0.3 is 5.32 Å². The molecule has 1 aliphatic carbocycles. The predicted molar refractivity (Wildman–Crippen MR) is 77.4 cm³/mol. The van der Waals surface area contributed by atoms with Crippen LogP contribution in [0.2, 0.25) is 10.0 Å². The number of hydrogen-bond donors (Lipinski definition) is 1. The van der Waals surface area contributed by atoms with Gasteiger partial charge in [-0.05, 0) is 43.5 Å². The van der Waals surface area contributed by atoms with Gasteiger partial charge in [-0.3, -0.25) is 0 Å². The summed E-state index contributed by atoms with van der Waals surface area (Å²) in [5, 5.41) is 4.97. The second-order valence-electron chi connectivity index (χ2n) is 4.70. The van der Waals surface area contributed by atoms with Crippen molar-refractivity contribution in [2.45, 2.75) is 30.7 Å². The minimum atomic E-state index is 0.665. The standard InChI is InChI=1S/C13H17Cl2NS/c1-9(7-16-12-2-3-12)8-17-13-5-10(14)4-11(15)6-13/h4-6,9,12,16H,2-3,7-8H2,1H3. The molecule has 1 aromatic rings. The van der Waals surface area contributed by atoms with Crippen molar-refractivity contribution < 1.29 is 0 Å². The van der Waals surface area contributed by atoms with Crippen molar-refractivity contribution in [1.82, 2.24) is 5.32 Å². The SMILES string of the molecule is CC(CNC1CC1)CSc1cc(Cl)cc(Cl)c1. The summed E-state index contributed by atoms with van der Waals surface area (Å²) < 4.78 is 0. The number of hydrogen-bond acceptors (Lipinski definition) is 2. The zero-order valence-corrected chi connectivity index (χ0v) is 12.2. The van der Waals surface area contributed by atoms with Gasteiger partial charge in [0.05, 0.1) is 0 Å². The Morgan fingerprint density at radius 3 is 2.53 bits per heavy atom. The molecule has 2 rings (SSSR count). The molecule has 1 unspecified atom stereocenters. The second-order valence-corrected chi connectivity index (χ2v) is 6.67. The van der Waals surface area contributed by atoms with Gasteiger partial charge in [-0.25, -0.2) is 0 Å². The van der Waals surface area contributed by atoms with Crippen LogP contribution in [-0.2, 0) is 0 Å². The first-order valence-corrected chi connectivity index (χ1v) is 7.70. The van der Waals surface area contributed by atoms with Crippen LogP contribution in [0.4, 0.5) is 0 Å². The van der Waals surface area contributed by atoms with Crippen LogP contribution in [-0.4, -0.2) is 18.3 Å². The molecule has 0 aliphatic heterocycles. The van der Waals surface area contributed by atoms with Crippen LogP contribution < -0.4 is 5.32 Å². The van der Waals surface area contributed by atoms with Crippen LogP contribution >= 0.6 is 35.0 Å². The van der Waals surface area contributed by atoms with E-state index in [2.05, 4.69) is 12.2 Å². The van der Waals surface area contributed by atoms with Gasteiger partial charge in [0.1, 0.15) is 0 Å². The Morgan fingerprint density at radius 2 is 1.94 bits per heavy atom. The first-order valence-electron chi connectivity index (χ1n) is 5.96. The van der Waals surface area contributed by atoms with E-state index in [1.165, 1.54) is 12.8 Å². The molecular formula is C13H17Cl2NS. The number of thioether (sulfide) groups is 1. The van der Waals surface area contributed by atoms with Crippen LogP contribution in [0, 0.1) is 5.92 Å². The van der Waals surface area contributed by atoms with Gasteiger partial charge >= 0.3 is 0 Å². The lowest BCUT2D eigenvalue weighted by atomic mass is 10.2. The molecule has 17 heavy (non-hydrogen) atoms. The molecule has 0 radical (unpaired) electrons. The lowest BCUT2D eigenvalue weighted by Crippen LogP contribution is -2.24. The van der Waals surface area contributed by atoms with E-state index >= 15 is 0 Å². The van der Waals surface area contributed by atoms with E-state index in [0.717, 1.165) is 23.2 Å². The monoisotopic (exact) mass is 289 g/mol. The molecule has 1 atom stereocenters. The number of rotatable bonds is 6. The summed E-state index contributed by atoms with van der Waals surface area (Å²) in [5.74, 6) is 1.76. The van der Waals surface area contributed by atoms with E-state index in [9.17, 15) is 0 Å². The topological polar surface area (TPSA) is 12.0 Å². The maximum absolute atomic E-state index is 5.97. The van der Waals surface area contributed by atoms with E-state index in [1.807, 2.05) is 23.9 Å². The third-order valence-electron chi connectivity index (χ3n) is 2.70. The molecule has 0 amide bonds. The molecular weight excluding hydrogens is 273 g/mol. The molecule has 0 bridgehead atoms. The first kappa shape index (κ1) is 13.5. The van der Waals surface area contributed by atoms with Crippen molar-refractivity contribution >= 4 is 35.0 Å². The Hall–Kier alpha value is 0.110. The molecule has 1 aromatic carbocycles. The summed E-state index contributed by atoms with van der Waals surface area (Å²) in [6.45, 7) is 3.38. The van der Waals surface area contributed by atoms with Gasteiger partial charge in [-0.1, -0.05) is 30.1 Å². The fourth-order valence-corrected chi connectivity index (χ4v) is 3.24. The quantitative estimate of drug-likeness (QED) is 0.776. The Kier molecular flexibility index (Phi) is 5.04. The van der Waals surface area contributed by atoms with Crippen LogP contribution in [0.3, 0.4) is 0 Å². The molecule has 1 saturated carbocycles. The Bertz CT molecular complexity index is 359. The highest BCUT2D eigenvalue weighted by atomic mass is 35.5. The third-order valence-corrected chi connectivity index (χ3v) is 4.44. The molecule has 1 aliphatic rings. The van der Waals surface area contributed by atoms with Gasteiger partial charge in [0.15, 0.2) is 0 Å². The lowest BCUT2D eigenvalue weighted by Gasteiger charge is -2.12. The highest BCUT2D eigenvalue weighted by Crippen LogP contribution is 2.28. The Morgan fingerprint density at radius 1 is 1.29 bits per heavy atom. The summed E-state index contributed by atoms with van der Waals surface area (Å²) in [6.07, 6.45) is 2.70. The summed E-state index contributed by atoms with van der Waals surface area (Å²) >= 11 is 13.8. The van der Waals surface area contributed by atoms with E-state index in [4.69, 9.17) is 23.2 Å². The molecule has 0 spiro atoms. The average Bonchev–Trinajstić information content (AvgIpc) is 3.06. The maximum atomic E-state index is 5.97. The van der Waals surface area contributed by atoms with Crippen molar-refractivity contribution in [3.8, 4) is 0 Å². The van der Waals surface area contributed by atoms with Crippen LogP contribution in [0.5, 0.6) is 0 Å². The summed E-state index contributed by atoms with van der Waals surface area (Å²) in [5.41, 5.74) is 0. The van der Waals surface area contributed by atoms with Crippen LogP contribution in [0.25, 0.3) is 0 Å². The van der Waals surface area contributed by atoms with Crippen molar-refractivity contribution in [1.29, 1.82) is 0 Å². The van der Waals surface area contributed by atoms with Crippen molar-refractivity contribution in [2.75, 3.05) is 12.3 Å². The number of halogens is 2. The maximum Gasteiger partial charge on any atom is 0.0431 e. The normalized spacial score (nSPS) is 17.1. The smallest absolute Gasteiger partial charge is 0.0431 e. The van der Waals surface area contributed by atoms with Gasteiger partial charge in [0, 0.05) is 26.7 Å². The fraction of sp³-hybridized carbons (Fsp3) is 0.538. The molecule has 1 fully saturated rings. The minimum absolute atomic E-state index is 0.665. The van der Waals surface area contributed by atoms with Crippen LogP contribution in [0.1, 0.15) is 19.8 Å².